The van der Waals surface area contributed by atoms with E-state index in [9.17, 15) is 13.6 Å². The second-order valence-corrected chi connectivity index (χ2v) is 2.26. The van der Waals surface area contributed by atoms with E-state index in [2.05, 4.69) is 4.74 Å². The lowest BCUT2D eigenvalue weighted by molar-refractivity contribution is -0.151. The first kappa shape index (κ1) is 11.2. The number of aliphatic hydroxyl groups is 1. The molecular formula is C6H11F2NO3. The molecule has 6 heteroatoms. The highest BCUT2D eigenvalue weighted by Crippen LogP contribution is 2.06. The molecule has 72 valence electrons. The van der Waals surface area contributed by atoms with Crippen molar-refractivity contribution in [2.75, 3.05) is 7.11 Å². The SMILES string of the molecule is COC(=O)C(O)C(N)CC(F)F. The van der Waals surface area contributed by atoms with Crippen LogP contribution in [0, 0.1) is 0 Å². The molecule has 0 heterocycles. The highest BCUT2D eigenvalue weighted by Gasteiger charge is 2.26. The average molecular weight is 183 g/mol. The van der Waals surface area contributed by atoms with Crippen molar-refractivity contribution < 1.29 is 23.4 Å². The number of esters is 1. The molecule has 2 unspecified atom stereocenters. The van der Waals surface area contributed by atoms with Gasteiger partial charge in [0.15, 0.2) is 6.10 Å². The van der Waals surface area contributed by atoms with Crippen LogP contribution in [0.4, 0.5) is 8.78 Å². The van der Waals surface area contributed by atoms with Gasteiger partial charge in [0, 0.05) is 12.5 Å². The van der Waals surface area contributed by atoms with Crippen LogP contribution in [0.3, 0.4) is 0 Å². The maximum absolute atomic E-state index is 11.7. The van der Waals surface area contributed by atoms with Crippen LogP contribution in [-0.2, 0) is 9.53 Å². The van der Waals surface area contributed by atoms with Crippen molar-refractivity contribution in [2.45, 2.75) is 25.0 Å². The number of carbonyl (C=O) groups excluding carboxylic acids is 1. The standard InChI is InChI=1S/C6H11F2NO3/c1-12-6(11)5(10)3(9)2-4(7)8/h3-5,10H,2,9H2,1H3. The van der Waals surface area contributed by atoms with Gasteiger partial charge in [-0.05, 0) is 0 Å². The first-order valence-electron chi connectivity index (χ1n) is 3.28. The molecule has 2 atom stereocenters. The van der Waals surface area contributed by atoms with Crippen LogP contribution in [0.1, 0.15) is 6.42 Å². The summed E-state index contributed by atoms with van der Waals surface area (Å²) in [5.41, 5.74) is 5.06. The molecule has 0 aliphatic carbocycles. The van der Waals surface area contributed by atoms with E-state index in [0.717, 1.165) is 7.11 Å². The van der Waals surface area contributed by atoms with Crippen molar-refractivity contribution >= 4 is 5.97 Å². The molecule has 0 fully saturated rings. The van der Waals surface area contributed by atoms with E-state index in [-0.39, 0.29) is 0 Å². The van der Waals surface area contributed by atoms with Gasteiger partial charge in [0.05, 0.1) is 7.11 Å². The third kappa shape index (κ3) is 3.59. The molecule has 0 saturated carbocycles. The molecule has 0 amide bonds. The summed E-state index contributed by atoms with van der Waals surface area (Å²) in [6.07, 6.45) is -5.04. The number of rotatable bonds is 4. The Hall–Kier alpha value is -0.750. The normalized spacial score (nSPS) is 15.8. The maximum Gasteiger partial charge on any atom is 0.336 e. The molecule has 4 nitrogen and oxygen atoms in total. The Morgan fingerprint density at radius 3 is 2.50 bits per heavy atom. The minimum atomic E-state index is -2.64. The summed E-state index contributed by atoms with van der Waals surface area (Å²) in [5, 5.41) is 8.90. The number of methoxy groups -OCH3 is 1. The van der Waals surface area contributed by atoms with Gasteiger partial charge in [-0.15, -0.1) is 0 Å². The lowest BCUT2D eigenvalue weighted by Gasteiger charge is -2.15. The third-order valence-electron chi connectivity index (χ3n) is 1.30. The molecule has 0 aromatic rings. The fourth-order valence-electron chi connectivity index (χ4n) is 0.630. The van der Waals surface area contributed by atoms with Crippen molar-refractivity contribution in [1.29, 1.82) is 0 Å². The molecule has 12 heavy (non-hydrogen) atoms. The Bertz CT molecular complexity index is 154. The largest absolute Gasteiger partial charge is 0.467 e. The Morgan fingerprint density at radius 1 is 1.67 bits per heavy atom. The minimum absolute atomic E-state index is 0.726. The van der Waals surface area contributed by atoms with Crippen LogP contribution in [0.5, 0.6) is 0 Å². The van der Waals surface area contributed by atoms with Crippen molar-refractivity contribution in [2.24, 2.45) is 5.73 Å². The highest BCUT2D eigenvalue weighted by molar-refractivity contribution is 5.75. The number of carbonyl (C=O) groups is 1. The summed E-state index contributed by atoms with van der Waals surface area (Å²) in [7, 11) is 1.04. The van der Waals surface area contributed by atoms with Gasteiger partial charge in [0.1, 0.15) is 0 Å². The molecule has 0 aromatic heterocycles. The summed E-state index contributed by atoms with van der Waals surface area (Å²) >= 11 is 0. The van der Waals surface area contributed by atoms with Crippen LogP contribution in [-0.4, -0.2) is 36.8 Å². The lowest BCUT2D eigenvalue weighted by atomic mass is 10.1. The third-order valence-corrected chi connectivity index (χ3v) is 1.30. The Balaban J connectivity index is 3.91. The Labute approximate surface area is 68.3 Å². The zero-order valence-corrected chi connectivity index (χ0v) is 6.54. The van der Waals surface area contributed by atoms with E-state index in [0.29, 0.717) is 0 Å². The van der Waals surface area contributed by atoms with E-state index in [1.165, 1.54) is 0 Å². The van der Waals surface area contributed by atoms with Gasteiger partial charge in [-0.2, -0.15) is 0 Å². The number of ether oxygens (including phenoxy) is 1. The molecule has 0 saturated heterocycles. The van der Waals surface area contributed by atoms with E-state index >= 15 is 0 Å². The quantitative estimate of drug-likeness (QED) is 0.576. The van der Waals surface area contributed by atoms with E-state index in [4.69, 9.17) is 10.8 Å². The van der Waals surface area contributed by atoms with Crippen molar-refractivity contribution in [3.63, 3.8) is 0 Å². The molecule has 0 aliphatic heterocycles. The predicted molar refractivity (Wildman–Crippen MR) is 36.6 cm³/mol. The van der Waals surface area contributed by atoms with E-state index in [1.807, 2.05) is 0 Å². The Kier molecular flexibility index (Phi) is 4.68. The predicted octanol–water partition coefficient (Wildman–Crippen LogP) is -0.497. The topological polar surface area (TPSA) is 72.5 Å². The van der Waals surface area contributed by atoms with Crippen molar-refractivity contribution in [3.05, 3.63) is 0 Å². The number of aliphatic hydroxyl groups excluding tert-OH is 1. The maximum atomic E-state index is 11.7. The monoisotopic (exact) mass is 183 g/mol. The zero-order chi connectivity index (χ0) is 9.72. The molecule has 0 rings (SSSR count). The number of hydrogen-bond acceptors (Lipinski definition) is 4. The number of halogens is 2. The first-order valence-corrected chi connectivity index (χ1v) is 3.28. The molecule has 0 spiro atoms. The van der Waals surface area contributed by atoms with Crippen LogP contribution in [0.15, 0.2) is 0 Å². The van der Waals surface area contributed by atoms with Gasteiger partial charge in [0.2, 0.25) is 6.43 Å². The van der Waals surface area contributed by atoms with Gasteiger partial charge in [0.25, 0.3) is 0 Å². The second-order valence-electron chi connectivity index (χ2n) is 2.26. The summed E-state index contributed by atoms with van der Waals surface area (Å²) in [5.74, 6) is -0.997. The van der Waals surface area contributed by atoms with Crippen molar-refractivity contribution in [1.82, 2.24) is 0 Å². The molecular weight excluding hydrogens is 172 g/mol. The van der Waals surface area contributed by atoms with Crippen LogP contribution in [0.25, 0.3) is 0 Å². The second kappa shape index (κ2) is 5.00. The van der Waals surface area contributed by atoms with Crippen LogP contribution >= 0.6 is 0 Å². The van der Waals surface area contributed by atoms with Gasteiger partial charge >= 0.3 is 5.97 Å². The van der Waals surface area contributed by atoms with Crippen LogP contribution in [0.2, 0.25) is 0 Å². The van der Waals surface area contributed by atoms with Crippen LogP contribution < -0.4 is 5.73 Å². The summed E-state index contributed by atoms with van der Waals surface area (Å²) in [6.45, 7) is 0. The highest BCUT2D eigenvalue weighted by atomic mass is 19.3. The molecule has 3 N–H and O–H groups in total. The lowest BCUT2D eigenvalue weighted by Crippen LogP contribution is -2.42. The summed E-state index contributed by atoms with van der Waals surface area (Å²) in [4.78, 5) is 10.5. The molecule has 0 aromatic carbocycles. The molecule has 0 bridgehead atoms. The molecule has 0 radical (unpaired) electrons. The van der Waals surface area contributed by atoms with Gasteiger partial charge in [-0.25, -0.2) is 13.6 Å². The van der Waals surface area contributed by atoms with Gasteiger partial charge < -0.3 is 15.6 Å². The number of alkyl halides is 2. The fourth-order valence-corrected chi connectivity index (χ4v) is 0.630. The van der Waals surface area contributed by atoms with Crippen molar-refractivity contribution in [3.8, 4) is 0 Å². The molecule has 0 aliphatic rings. The van der Waals surface area contributed by atoms with Gasteiger partial charge in [-0.1, -0.05) is 0 Å². The number of nitrogens with two attached hydrogens (primary N) is 1. The summed E-state index contributed by atoms with van der Waals surface area (Å²) in [6, 6.07) is -1.28. The summed E-state index contributed by atoms with van der Waals surface area (Å²) < 4.78 is 27.4. The van der Waals surface area contributed by atoms with E-state index in [1.54, 1.807) is 0 Å². The minimum Gasteiger partial charge on any atom is -0.467 e. The first-order chi connectivity index (χ1) is 5.49. The van der Waals surface area contributed by atoms with Gasteiger partial charge in [-0.3, -0.25) is 0 Å². The smallest absolute Gasteiger partial charge is 0.336 e. The Morgan fingerprint density at radius 2 is 2.17 bits per heavy atom. The average Bonchev–Trinajstić information content (AvgIpc) is 2.00. The fraction of sp³-hybridized carbons (Fsp3) is 0.833. The zero-order valence-electron chi connectivity index (χ0n) is 6.54. The number of hydrogen-bond donors (Lipinski definition) is 2. The van der Waals surface area contributed by atoms with E-state index < -0.39 is 31.0 Å².